The van der Waals surface area contributed by atoms with Gasteiger partial charge in [-0.3, -0.25) is 0 Å². The lowest BCUT2D eigenvalue weighted by atomic mass is 10.0. The summed E-state index contributed by atoms with van der Waals surface area (Å²) in [7, 11) is 0. The first-order valence-corrected chi connectivity index (χ1v) is 6.36. The van der Waals surface area contributed by atoms with Gasteiger partial charge in [-0.25, -0.2) is 0 Å². The standard InChI is InChI=1S/C15H20O2/c1-12-5-2-3-7-13-11-14(16)8-9-15(13)17-10-4-6-12/h6,8-9,11,16H,2-5,7,10H2,1H3. The maximum atomic E-state index is 9.51. The highest BCUT2D eigenvalue weighted by atomic mass is 16.5. The van der Waals surface area contributed by atoms with Crippen molar-refractivity contribution < 1.29 is 9.84 Å². The molecule has 0 saturated heterocycles. The van der Waals surface area contributed by atoms with Gasteiger partial charge in [0, 0.05) is 0 Å². The number of fused-ring (bicyclic) bond motifs is 1. The molecule has 0 aromatic heterocycles. The zero-order valence-electron chi connectivity index (χ0n) is 10.4. The van der Waals surface area contributed by atoms with Gasteiger partial charge in [0.2, 0.25) is 0 Å². The summed E-state index contributed by atoms with van der Waals surface area (Å²) in [6.07, 6.45) is 7.74. The van der Waals surface area contributed by atoms with Crippen LogP contribution in [0.5, 0.6) is 11.5 Å². The number of ether oxygens (including phenoxy) is 1. The second-order valence-corrected chi connectivity index (χ2v) is 4.69. The first-order chi connectivity index (χ1) is 8.25. The molecule has 0 spiro atoms. The summed E-state index contributed by atoms with van der Waals surface area (Å²) in [6, 6.07) is 5.40. The van der Waals surface area contributed by atoms with Crippen molar-refractivity contribution >= 4 is 0 Å². The van der Waals surface area contributed by atoms with Gasteiger partial charge in [0.05, 0.1) is 6.61 Å². The van der Waals surface area contributed by atoms with Crippen LogP contribution < -0.4 is 4.74 Å². The molecule has 92 valence electrons. The first-order valence-electron chi connectivity index (χ1n) is 6.36. The van der Waals surface area contributed by atoms with Crippen LogP contribution in [-0.4, -0.2) is 11.7 Å². The molecule has 1 N–H and O–H groups in total. The number of hydrogen-bond acceptors (Lipinski definition) is 2. The number of aromatic hydroxyl groups is 1. The van der Waals surface area contributed by atoms with E-state index in [4.69, 9.17) is 4.74 Å². The van der Waals surface area contributed by atoms with Gasteiger partial charge in [-0.2, -0.15) is 0 Å². The zero-order chi connectivity index (χ0) is 12.1. The number of rotatable bonds is 0. The Morgan fingerprint density at radius 2 is 2.00 bits per heavy atom. The predicted molar refractivity (Wildman–Crippen MR) is 69.5 cm³/mol. The molecule has 2 nitrogen and oxygen atoms in total. The molecular weight excluding hydrogens is 212 g/mol. The van der Waals surface area contributed by atoms with Gasteiger partial charge in [0.15, 0.2) is 0 Å². The topological polar surface area (TPSA) is 29.5 Å². The summed E-state index contributed by atoms with van der Waals surface area (Å²) < 4.78 is 5.77. The third-order valence-electron chi connectivity index (χ3n) is 3.18. The lowest BCUT2D eigenvalue weighted by Crippen LogP contribution is -1.99. The minimum Gasteiger partial charge on any atom is -0.508 e. The summed E-state index contributed by atoms with van der Waals surface area (Å²) in [5.74, 6) is 1.26. The average Bonchev–Trinajstić information content (AvgIpc) is 2.35. The Hall–Kier alpha value is -1.44. The molecule has 1 aromatic rings. The Balaban J connectivity index is 2.13. The monoisotopic (exact) mass is 232 g/mol. The highest BCUT2D eigenvalue weighted by Gasteiger charge is 2.06. The summed E-state index contributed by atoms with van der Waals surface area (Å²) >= 11 is 0. The van der Waals surface area contributed by atoms with Gasteiger partial charge in [-0.05, 0) is 62.8 Å². The average molecular weight is 232 g/mol. The molecule has 0 radical (unpaired) electrons. The maximum Gasteiger partial charge on any atom is 0.122 e. The van der Waals surface area contributed by atoms with Crippen LogP contribution in [0.25, 0.3) is 0 Å². The summed E-state index contributed by atoms with van der Waals surface area (Å²) in [5, 5.41) is 9.51. The van der Waals surface area contributed by atoms with E-state index in [1.54, 1.807) is 6.07 Å². The molecule has 0 fully saturated rings. The fourth-order valence-corrected chi connectivity index (χ4v) is 2.20. The van der Waals surface area contributed by atoms with Crippen molar-refractivity contribution in [3.63, 3.8) is 0 Å². The van der Waals surface area contributed by atoms with E-state index in [2.05, 4.69) is 13.0 Å². The minimum absolute atomic E-state index is 0.330. The molecule has 0 saturated carbocycles. The number of aryl methyl sites for hydroxylation is 1. The molecule has 1 heterocycles. The van der Waals surface area contributed by atoms with E-state index in [1.807, 2.05) is 12.1 Å². The van der Waals surface area contributed by atoms with E-state index < -0.39 is 0 Å². The minimum atomic E-state index is 0.330. The molecular formula is C15H20O2. The van der Waals surface area contributed by atoms with Gasteiger partial charge in [0.25, 0.3) is 0 Å². The molecule has 0 bridgehead atoms. The van der Waals surface area contributed by atoms with Crippen LogP contribution in [0.1, 0.15) is 38.2 Å². The van der Waals surface area contributed by atoms with Crippen LogP contribution in [0.4, 0.5) is 0 Å². The number of phenolic OH excluding ortho intramolecular Hbond substituents is 1. The highest BCUT2D eigenvalue weighted by Crippen LogP contribution is 2.26. The van der Waals surface area contributed by atoms with Crippen LogP contribution in [0, 0.1) is 0 Å². The Morgan fingerprint density at radius 3 is 2.88 bits per heavy atom. The lowest BCUT2D eigenvalue weighted by molar-refractivity contribution is 0.320. The molecule has 1 aliphatic heterocycles. The maximum absolute atomic E-state index is 9.51. The number of allylic oxidation sites excluding steroid dienone is 1. The van der Waals surface area contributed by atoms with Crippen LogP contribution in [0.3, 0.4) is 0 Å². The van der Waals surface area contributed by atoms with Gasteiger partial charge in [-0.15, -0.1) is 0 Å². The fourth-order valence-electron chi connectivity index (χ4n) is 2.20. The van der Waals surface area contributed by atoms with Crippen LogP contribution >= 0.6 is 0 Å². The van der Waals surface area contributed by atoms with Crippen LogP contribution in [0.2, 0.25) is 0 Å². The largest absolute Gasteiger partial charge is 0.508 e. The van der Waals surface area contributed by atoms with E-state index in [-0.39, 0.29) is 0 Å². The van der Waals surface area contributed by atoms with E-state index >= 15 is 0 Å². The molecule has 17 heavy (non-hydrogen) atoms. The lowest BCUT2D eigenvalue weighted by Gasteiger charge is -2.10. The van der Waals surface area contributed by atoms with Gasteiger partial charge < -0.3 is 9.84 Å². The third-order valence-corrected chi connectivity index (χ3v) is 3.18. The molecule has 0 amide bonds. The van der Waals surface area contributed by atoms with E-state index in [1.165, 1.54) is 18.4 Å². The van der Waals surface area contributed by atoms with Gasteiger partial charge in [-0.1, -0.05) is 11.6 Å². The van der Waals surface area contributed by atoms with Crippen molar-refractivity contribution in [2.75, 3.05) is 6.61 Å². The quantitative estimate of drug-likeness (QED) is 0.689. The second-order valence-electron chi connectivity index (χ2n) is 4.69. The van der Waals surface area contributed by atoms with E-state index in [0.29, 0.717) is 5.75 Å². The number of benzene rings is 1. The van der Waals surface area contributed by atoms with Gasteiger partial charge >= 0.3 is 0 Å². The fraction of sp³-hybridized carbons (Fsp3) is 0.467. The summed E-state index contributed by atoms with van der Waals surface area (Å²) in [5.41, 5.74) is 2.59. The SMILES string of the molecule is CC1=CCCOc2ccc(O)cc2CCCC1. The number of hydrogen-bond donors (Lipinski definition) is 1. The molecule has 2 rings (SSSR count). The Kier molecular flexibility index (Phi) is 4.08. The second kappa shape index (κ2) is 5.76. The van der Waals surface area contributed by atoms with Crippen molar-refractivity contribution in [3.8, 4) is 11.5 Å². The summed E-state index contributed by atoms with van der Waals surface area (Å²) in [6.45, 7) is 2.91. The molecule has 0 unspecified atom stereocenters. The Labute approximate surface area is 103 Å². The first kappa shape index (κ1) is 12.0. The van der Waals surface area contributed by atoms with Crippen molar-refractivity contribution in [2.24, 2.45) is 0 Å². The molecule has 1 aromatic carbocycles. The molecule has 1 aliphatic rings. The summed E-state index contributed by atoms with van der Waals surface area (Å²) in [4.78, 5) is 0. The van der Waals surface area contributed by atoms with E-state index in [0.717, 1.165) is 37.2 Å². The Morgan fingerprint density at radius 1 is 1.18 bits per heavy atom. The molecule has 0 atom stereocenters. The predicted octanol–water partition coefficient (Wildman–Crippen LogP) is 3.83. The molecule has 2 heteroatoms. The zero-order valence-corrected chi connectivity index (χ0v) is 10.4. The van der Waals surface area contributed by atoms with Crippen LogP contribution in [-0.2, 0) is 6.42 Å². The van der Waals surface area contributed by atoms with E-state index in [9.17, 15) is 5.11 Å². The van der Waals surface area contributed by atoms with Crippen molar-refractivity contribution in [1.82, 2.24) is 0 Å². The van der Waals surface area contributed by atoms with Gasteiger partial charge in [0.1, 0.15) is 11.5 Å². The molecule has 0 aliphatic carbocycles. The normalized spacial score (nSPS) is 17.4. The van der Waals surface area contributed by atoms with Crippen molar-refractivity contribution in [1.29, 1.82) is 0 Å². The highest BCUT2D eigenvalue weighted by molar-refractivity contribution is 5.39. The van der Waals surface area contributed by atoms with Crippen LogP contribution in [0.15, 0.2) is 29.8 Å². The van der Waals surface area contributed by atoms with Crippen molar-refractivity contribution in [2.45, 2.75) is 39.0 Å². The Bertz CT molecular complexity index is 407. The smallest absolute Gasteiger partial charge is 0.122 e. The third kappa shape index (κ3) is 3.52. The number of phenols is 1. The van der Waals surface area contributed by atoms with Crippen molar-refractivity contribution in [3.05, 3.63) is 35.4 Å².